The Hall–Kier alpha value is -2.29. The van der Waals surface area contributed by atoms with Crippen LogP contribution in [-0.2, 0) is 10.0 Å². The summed E-state index contributed by atoms with van der Waals surface area (Å²) >= 11 is 5.94. The number of carbonyl (C=O) groups is 2. The quantitative estimate of drug-likeness (QED) is 0.707. The zero-order valence-electron chi connectivity index (χ0n) is 15.1. The van der Waals surface area contributed by atoms with E-state index in [0.717, 1.165) is 6.07 Å². The highest BCUT2D eigenvalue weighted by molar-refractivity contribution is 7.89. The number of rotatable bonds is 4. The largest absolute Gasteiger partial charge is 0.336 e. The van der Waals surface area contributed by atoms with E-state index >= 15 is 0 Å². The first-order chi connectivity index (χ1) is 13.2. The molecule has 0 atom stereocenters. The monoisotopic (exact) mass is 424 g/mol. The molecule has 2 aromatic rings. The normalized spacial score (nSPS) is 15.5. The highest BCUT2D eigenvalue weighted by Crippen LogP contribution is 2.23. The fourth-order valence-corrected chi connectivity index (χ4v) is 4.67. The average molecular weight is 425 g/mol. The molecule has 1 amide bonds. The lowest BCUT2D eigenvalue weighted by Crippen LogP contribution is -2.50. The second-order valence-electron chi connectivity index (χ2n) is 6.37. The van der Waals surface area contributed by atoms with Crippen molar-refractivity contribution in [1.29, 1.82) is 0 Å². The molecule has 0 radical (unpaired) electrons. The van der Waals surface area contributed by atoms with Crippen LogP contribution in [0.2, 0.25) is 5.02 Å². The number of amides is 1. The van der Waals surface area contributed by atoms with E-state index in [-0.39, 0.29) is 47.4 Å². The number of hydrogen-bond acceptors (Lipinski definition) is 4. The number of benzene rings is 2. The van der Waals surface area contributed by atoms with Gasteiger partial charge >= 0.3 is 0 Å². The molecule has 0 unspecified atom stereocenters. The molecule has 2 aromatic carbocycles. The van der Waals surface area contributed by atoms with Crippen molar-refractivity contribution in [1.82, 2.24) is 9.21 Å². The minimum atomic E-state index is -3.75. The number of ketones is 1. The van der Waals surface area contributed by atoms with Gasteiger partial charge in [-0.05, 0) is 31.2 Å². The Morgan fingerprint density at radius 3 is 2.14 bits per heavy atom. The Morgan fingerprint density at radius 1 is 1.00 bits per heavy atom. The molecule has 0 aliphatic carbocycles. The summed E-state index contributed by atoms with van der Waals surface area (Å²) in [5, 5.41) is 0.0191. The first-order valence-electron chi connectivity index (χ1n) is 8.56. The van der Waals surface area contributed by atoms with Crippen molar-refractivity contribution >= 4 is 33.3 Å². The highest BCUT2D eigenvalue weighted by Gasteiger charge is 2.31. The molecule has 1 aliphatic heterocycles. The van der Waals surface area contributed by atoms with Crippen LogP contribution in [0.25, 0.3) is 0 Å². The summed E-state index contributed by atoms with van der Waals surface area (Å²) in [6.07, 6.45) is 0. The lowest BCUT2D eigenvalue weighted by atomic mass is 10.1. The number of hydrogen-bond donors (Lipinski definition) is 0. The van der Waals surface area contributed by atoms with Gasteiger partial charge in [-0.1, -0.05) is 29.8 Å². The van der Waals surface area contributed by atoms with Gasteiger partial charge in [0, 0.05) is 31.7 Å². The molecule has 3 rings (SSSR count). The number of Topliss-reactive ketones (excluding diaryl/α,β-unsaturated/α-hetero) is 1. The van der Waals surface area contributed by atoms with E-state index < -0.39 is 21.7 Å². The molecule has 28 heavy (non-hydrogen) atoms. The Bertz CT molecular complexity index is 996. The predicted molar refractivity (Wildman–Crippen MR) is 103 cm³/mol. The summed E-state index contributed by atoms with van der Waals surface area (Å²) in [7, 11) is -3.75. The molecule has 0 spiro atoms. The smallest absolute Gasteiger partial charge is 0.258 e. The maximum Gasteiger partial charge on any atom is 0.258 e. The van der Waals surface area contributed by atoms with Crippen LogP contribution >= 0.6 is 11.6 Å². The van der Waals surface area contributed by atoms with Crippen molar-refractivity contribution < 1.29 is 22.4 Å². The van der Waals surface area contributed by atoms with E-state index in [9.17, 15) is 22.4 Å². The van der Waals surface area contributed by atoms with E-state index in [1.807, 2.05) is 0 Å². The Morgan fingerprint density at radius 2 is 1.61 bits per heavy atom. The number of carbonyl (C=O) groups excluding carboxylic acids is 2. The number of nitrogens with zero attached hydrogens (tertiary/aromatic N) is 2. The average Bonchev–Trinajstić information content (AvgIpc) is 2.68. The summed E-state index contributed by atoms with van der Waals surface area (Å²) in [5.74, 6) is -1.42. The maximum atomic E-state index is 14.0. The molecule has 9 heteroatoms. The summed E-state index contributed by atoms with van der Waals surface area (Å²) in [4.78, 5) is 25.4. The van der Waals surface area contributed by atoms with Crippen LogP contribution in [0.4, 0.5) is 4.39 Å². The Balaban J connectivity index is 1.72. The van der Waals surface area contributed by atoms with Crippen molar-refractivity contribution in [2.45, 2.75) is 11.8 Å². The van der Waals surface area contributed by atoms with Crippen molar-refractivity contribution in [2.24, 2.45) is 0 Å². The molecule has 0 N–H and O–H groups in total. The van der Waals surface area contributed by atoms with Crippen LogP contribution in [0.1, 0.15) is 27.6 Å². The third kappa shape index (κ3) is 3.94. The Kier molecular flexibility index (Phi) is 5.83. The van der Waals surface area contributed by atoms with Gasteiger partial charge in [0.2, 0.25) is 10.0 Å². The van der Waals surface area contributed by atoms with Crippen molar-refractivity contribution in [3.8, 4) is 0 Å². The lowest BCUT2D eigenvalue weighted by molar-refractivity contribution is 0.0693. The van der Waals surface area contributed by atoms with Crippen LogP contribution in [0.3, 0.4) is 0 Å². The minimum Gasteiger partial charge on any atom is -0.336 e. The molecule has 1 aliphatic rings. The predicted octanol–water partition coefficient (Wildman–Crippen LogP) is 2.83. The number of piperazine rings is 1. The second-order valence-corrected chi connectivity index (χ2v) is 8.72. The summed E-state index contributed by atoms with van der Waals surface area (Å²) < 4.78 is 40.8. The van der Waals surface area contributed by atoms with E-state index in [0.29, 0.717) is 5.56 Å². The van der Waals surface area contributed by atoms with Crippen LogP contribution in [0.5, 0.6) is 0 Å². The van der Waals surface area contributed by atoms with Gasteiger partial charge < -0.3 is 4.90 Å². The standard InChI is InChI=1S/C19H18ClFN2O4S/c1-13(24)14-5-7-15(8-6-14)28(26,27)23-11-9-22(10-12-23)19(25)18-16(20)3-2-4-17(18)21/h2-8H,9-12H2,1H3. The second kappa shape index (κ2) is 7.98. The van der Waals surface area contributed by atoms with Crippen molar-refractivity contribution in [2.75, 3.05) is 26.2 Å². The maximum absolute atomic E-state index is 14.0. The molecular weight excluding hydrogens is 407 g/mol. The minimum absolute atomic E-state index is 0.0191. The van der Waals surface area contributed by atoms with Crippen molar-refractivity contribution in [3.05, 3.63) is 64.4 Å². The zero-order chi connectivity index (χ0) is 20.5. The fraction of sp³-hybridized carbons (Fsp3) is 0.263. The van der Waals surface area contributed by atoms with Gasteiger partial charge in [0.15, 0.2) is 5.78 Å². The van der Waals surface area contributed by atoms with Gasteiger partial charge in [0.25, 0.3) is 5.91 Å². The van der Waals surface area contributed by atoms with Gasteiger partial charge in [-0.3, -0.25) is 9.59 Å². The summed E-state index contributed by atoms with van der Waals surface area (Å²) in [5.41, 5.74) is 0.219. The molecule has 6 nitrogen and oxygen atoms in total. The molecule has 0 bridgehead atoms. The SMILES string of the molecule is CC(=O)c1ccc(S(=O)(=O)N2CCN(C(=O)c3c(F)cccc3Cl)CC2)cc1. The lowest BCUT2D eigenvalue weighted by Gasteiger charge is -2.34. The molecular formula is C19H18ClFN2O4S. The van der Waals surface area contributed by atoms with Crippen LogP contribution in [0, 0.1) is 5.82 Å². The van der Waals surface area contributed by atoms with E-state index in [4.69, 9.17) is 11.6 Å². The van der Waals surface area contributed by atoms with Crippen molar-refractivity contribution in [3.63, 3.8) is 0 Å². The van der Waals surface area contributed by atoms with Gasteiger partial charge in [-0.25, -0.2) is 12.8 Å². The van der Waals surface area contributed by atoms with E-state index in [1.165, 1.54) is 52.5 Å². The molecule has 0 aromatic heterocycles. The molecule has 0 saturated carbocycles. The van der Waals surface area contributed by atoms with Gasteiger partial charge in [0.1, 0.15) is 5.82 Å². The highest BCUT2D eigenvalue weighted by atomic mass is 35.5. The third-order valence-corrected chi connectivity index (χ3v) is 6.83. The van der Waals surface area contributed by atoms with Crippen LogP contribution in [-0.4, -0.2) is 55.5 Å². The first-order valence-corrected chi connectivity index (χ1v) is 10.4. The van der Waals surface area contributed by atoms with Gasteiger partial charge in [-0.15, -0.1) is 0 Å². The van der Waals surface area contributed by atoms with E-state index in [1.54, 1.807) is 0 Å². The van der Waals surface area contributed by atoms with Crippen LogP contribution in [0.15, 0.2) is 47.4 Å². The topological polar surface area (TPSA) is 74.8 Å². The molecule has 1 saturated heterocycles. The Labute approximate surface area is 167 Å². The molecule has 148 valence electrons. The van der Waals surface area contributed by atoms with Crippen LogP contribution < -0.4 is 0 Å². The van der Waals surface area contributed by atoms with Gasteiger partial charge in [0.05, 0.1) is 15.5 Å². The number of sulfonamides is 1. The van der Waals surface area contributed by atoms with E-state index in [2.05, 4.69) is 0 Å². The summed E-state index contributed by atoms with van der Waals surface area (Å²) in [6.45, 7) is 1.80. The third-order valence-electron chi connectivity index (χ3n) is 4.60. The first kappa shape index (κ1) is 20.4. The molecule has 1 fully saturated rings. The summed E-state index contributed by atoms with van der Waals surface area (Å²) in [6, 6.07) is 9.72. The zero-order valence-corrected chi connectivity index (χ0v) is 16.6. The fourth-order valence-electron chi connectivity index (χ4n) is 3.00. The molecule has 1 heterocycles. The number of halogens is 2. The van der Waals surface area contributed by atoms with Gasteiger partial charge in [-0.2, -0.15) is 4.31 Å².